The van der Waals surface area contributed by atoms with E-state index in [-0.39, 0.29) is 29.5 Å². The van der Waals surface area contributed by atoms with Gasteiger partial charge in [-0.1, -0.05) is 55.5 Å². The number of aryl methyl sites for hydroxylation is 2. The summed E-state index contributed by atoms with van der Waals surface area (Å²) in [5, 5.41) is 14.9. The fraction of sp³-hybridized carbons (Fsp3) is 0.300. The Morgan fingerprint density at radius 2 is 1.90 bits per heavy atom. The Balaban J connectivity index is 1.70. The first-order valence-electron chi connectivity index (χ1n) is 13.3. The van der Waals surface area contributed by atoms with Crippen LogP contribution in [0, 0.1) is 6.92 Å². The van der Waals surface area contributed by atoms with Gasteiger partial charge in [-0.2, -0.15) is 0 Å². The van der Waals surface area contributed by atoms with Crippen LogP contribution in [-0.4, -0.2) is 33.2 Å². The van der Waals surface area contributed by atoms with Gasteiger partial charge in [-0.05, 0) is 50.6 Å². The summed E-state index contributed by atoms with van der Waals surface area (Å²) in [6.07, 6.45) is 1.34. The van der Waals surface area contributed by atoms with Crippen LogP contribution in [-0.2, 0) is 29.9 Å². The lowest BCUT2D eigenvalue weighted by molar-refractivity contribution is 0.0395. The van der Waals surface area contributed by atoms with Gasteiger partial charge in [-0.3, -0.25) is 0 Å². The molecule has 0 aliphatic heterocycles. The topological polar surface area (TPSA) is 170 Å². The molecule has 0 unspecified atom stereocenters. The van der Waals surface area contributed by atoms with Crippen molar-refractivity contribution < 1.29 is 23.5 Å². The number of rotatable bonds is 11. The van der Waals surface area contributed by atoms with E-state index in [1.165, 1.54) is 0 Å². The van der Waals surface area contributed by atoms with Gasteiger partial charge in [0.05, 0.1) is 0 Å². The van der Waals surface area contributed by atoms with Crippen LogP contribution in [0.3, 0.4) is 0 Å². The molecule has 42 heavy (non-hydrogen) atoms. The number of benzene rings is 2. The molecule has 220 valence electrons. The number of nitrogens with zero attached hydrogens (tertiary/aromatic N) is 4. The van der Waals surface area contributed by atoms with Gasteiger partial charge >= 0.3 is 11.8 Å². The first kappa shape index (κ1) is 30.2. The summed E-state index contributed by atoms with van der Waals surface area (Å²) < 4.78 is 17.1. The molecule has 2 aromatic carbocycles. The number of aromatic nitrogens is 2. The lowest BCUT2D eigenvalue weighted by atomic mass is 9.98. The number of nitrogens with one attached hydrogen (secondary N) is 1. The minimum Gasteiger partial charge on any atom is -0.453 e. The number of carbonyl (C=O) groups is 1. The maximum atomic E-state index is 13.5. The third kappa shape index (κ3) is 6.56. The lowest BCUT2D eigenvalue weighted by Gasteiger charge is -2.18. The highest BCUT2D eigenvalue weighted by Gasteiger charge is 2.33. The Morgan fingerprint density at radius 3 is 2.50 bits per heavy atom. The highest BCUT2D eigenvalue weighted by molar-refractivity contribution is 6.06. The Bertz CT molecular complexity index is 1660. The summed E-state index contributed by atoms with van der Waals surface area (Å²) in [7, 11) is 0. The summed E-state index contributed by atoms with van der Waals surface area (Å²) >= 11 is 0. The number of amidine groups is 1. The van der Waals surface area contributed by atoms with Crippen molar-refractivity contribution >= 4 is 18.5 Å². The quantitative estimate of drug-likeness (QED) is 0.0792. The van der Waals surface area contributed by atoms with Crippen molar-refractivity contribution in [1.82, 2.24) is 15.1 Å². The largest absolute Gasteiger partial charge is 0.519 e. The zero-order chi connectivity index (χ0) is 30.4. The number of carbonyl (C=O) groups excluding carboxylic acids is 1. The Kier molecular flexibility index (Phi) is 9.18. The van der Waals surface area contributed by atoms with Crippen LogP contribution >= 0.6 is 0 Å². The molecule has 0 aliphatic rings. The van der Waals surface area contributed by atoms with Gasteiger partial charge in [0.25, 0.3) is 0 Å². The number of hydrogen-bond donors (Lipinski definition) is 3. The fourth-order valence-electron chi connectivity index (χ4n) is 4.57. The van der Waals surface area contributed by atoms with Crippen molar-refractivity contribution in [1.29, 1.82) is 0 Å². The van der Waals surface area contributed by atoms with E-state index in [9.17, 15) is 14.7 Å². The molecule has 0 saturated carbocycles. The highest BCUT2D eigenvalue weighted by atomic mass is 16.6. The average Bonchev–Trinajstić information content (AvgIpc) is 3.49. The number of hydrogen-bond acceptors (Lipinski definition) is 10. The van der Waals surface area contributed by atoms with E-state index in [0.29, 0.717) is 24.6 Å². The minimum atomic E-state index is -1.43. The summed E-state index contributed by atoms with van der Waals surface area (Å²) in [6, 6.07) is 15.4. The van der Waals surface area contributed by atoms with Gasteiger partial charge in [0.1, 0.15) is 17.1 Å². The zero-order valence-corrected chi connectivity index (χ0v) is 24.0. The molecule has 4 aromatic rings. The number of nitrogens with two attached hydrogens (primary N) is 1. The van der Waals surface area contributed by atoms with Crippen LogP contribution < -0.4 is 17.2 Å². The molecule has 0 amide bonds. The molecule has 0 saturated heterocycles. The first-order chi connectivity index (χ1) is 20.1. The van der Waals surface area contributed by atoms with Crippen LogP contribution in [0.5, 0.6) is 0 Å². The molecule has 0 bridgehead atoms. The van der Waals surface area contributed by atoms with E-state index >= 15 is 0 Å². The fourth-order valence-corrected chi connectivity index (χ4v) is 4.57. The maximum absolute atomic E-state index is 13.5. The van der Waals surface area contributed by atoms with E-state index in [2.05, 4.69) is 27.3 Å². The second-order valence-corrected chi connectivity index (χ2v) is 10.1. The van der Waals surface area contributed by atoms with Crippen LogP contribution in [0.25, 0.3) is 11.1 Å². The van der Waals surface area contributed by atoms with Gasteiger partial charge in [-0.25, -0.2) is 30.9 Å². The summed E-state index contributed by atoms with van der Waals surface area (Å²) in [5.41, 5.74) is 4.59. The SMILES string of the molecule is C=N/C(=N\NN)c1ccccc1-c1ccc(Cn2c(CCC)nc(C(C)(C)O)c2C(=O)OCc2oc(=O)oc2C)cc1. The van der Waals surface area contributed by atoms with Crippen molar-refractivity contribution in [3.8, 4) is 11.1 Å². The molecule has 2 aromatic heterocycles. The third-order valence-corrected chi connectivity index (χ3v) is 6.56. The van der Waals surface area contributed by atoms with Gasteiger partial charge in [0.15, 0.2) is 29.7 Å². The minimum absolute atomic E-state index is 0.107. The smallest absolute Gasteiger partial charge is 0.453 e. The predicted molar refractivity (Wildman–Crippen MR) is 157 cm³/mol. The summed E-state index contributed by atoms with van der Waals surface area (Å²) in [4.78, 5) is 33.5. The van der Waals surface area contributed by atoms with Crippen LogP contribution in [0.4, 0.5) is 0 Å². The van der Waals surface area contributed by atoms with Crippen molar-refractivity contribution in [3.05, 3.63) is 99.0 Å². The zero-order valence-electron chi connectivity index (χ0n) is 24.0. The molecule has 4 rings (SSSR count). The van der Waals surface area contributed by atoms with Gasteiger partial charge in [0, 0.05) is 18.5 Å². The Morgan fingerprint density at radius 1 is 1.19 bits per heavy atom. The monoisotopic (exact) mass is 574 g/mol. The number of hydrazone groups is 1. The molecular formula is C30H34N6O6. The van der Waals surface area contributed by atoms with Crippen molar-refractivity contribution in [2.45, 2.75) is 59.3 Å². The second kappa shape index (κ2) is 12.8. The van der Waals surface area contributed by atoms with E-state index in [0.717, 1.165) is 28.7 Å². The molecule has 0 fully saturated rings. The molecule has 2 heterocycles. The maximum Gasteiger partial charge on any atom is 0.519 e. The average molecular weight is 575 g/mol. The highest BCUT2D eigenvalue weighted by Crippen LogP contribution is 2.29. The summed E-state index contributed by atoms with van der Waals surface area (Å²) in [5.74, 6) is 5.10. The van der Waals surface area contributed by atoms with Crippen molar-refractivity contribution in [3.63, 3.8) is 0 Å². The molecule has 0 aliphatic carbocycles. The van der Waals surface area contributed by atoms with E-state index < -0.39 is 17.4 Å². The number of esters is 1. The predicted octanol–water partition coefficient (Wildman–Crippen LogP) is 3.82. The van der Waals surface area contributed by atoms with E-state index in [1.54, 1.807) is 25.3 Å². The normalized spacial score (nSPS) is 11.9. The standard InChI is InChI=1S/C30H34N6O6/c1-6-9-24-33-26(30(3,4)39)25(28(37)40-17-23-18(2)41-29(38)42-23)36(24)16-19-12-14-20(15-13-19)21-10-7-8-11-22(21)27(32-5)34-35-31/h7-8,10-15,35,39H,5-6,9,16-17,31H2,1-4H3/b34-27-. The van der Waals surface area contributed by atoms with Gasteiger partial charge in [0.2, 0.25) is 0 Å². The molecular weight excluding hydrogens is 540 g/mol. The number of aliphatic hydroxyl groups is 1. The molecule has 0 spiro atoms. The molecule has 0 atom stereocenters. The number of aliphatic imine (C=N–C) groups is 1. The van der Waals surface area contributed by atoms with Crippen molar-refractivity contribution in [2.75, 3.05) is 0 Å². The third-order valence-electron chi connectivity index (χ3n) is 6.56. The summed E-state index contributed by atoms with van der Waals surface area (Å²) in [6.45, 7) is 10.2. The van der Waals surface area contributed by atoms with Crippen LogP contribution in [0.2, 0.25) is 0 Å². The van der Waals surface area contributed by atoms with Gasteiger partial charge < -0.3 is 23.2 Å². The molecule has 12 heteroatoms. The Labute approximate surface area is 242 Å². The van der Waals surface area contributed by atoms with Crippen LogP contribution in [0.15, 0.2) is 72.3 Å². The van der Waals surface area contributed by atoms with Gasteiger partial charge in [-0.15, -0.1) is 5.10 Å². The number of hydrazine groups is 1. The number of ether oxygens (including phenoxy) is 1. The Hall–Kier alpha value is -4.81. The lowest BCUT2D eigenvalue weighted by Crippen LogP contribution is -2.23. The number of imidazole rings is 1. The first-order valence-corrected chi connectivity index (χ1v) is 13.3. The molecule has 4 N–H and O–H groups in total. The van der Waals surface area contributed by atoms with Crippen LogP contribution in [0.1, 0.15) is 71.8 Å². The van der Waals surface area contributed by atoms with Crippen molar-refractivity contribution in [2.24, 2.45) is 15.9 Å². The second-order valence-electron chi connectivity index (χ2n) is 10.1. The molecule has 12 nitrogen and oxygen atoms in total. The van der Waals surface area contributed by atoms with E-state index in [4.69, 9.17) is 19.4 Å². The molecule has 0 radical (unpaired) electrons. The van der Waals surface area contributed by atoms with E-state index in [1.807, 2.05) is 55.5 Å².